The lowest BCUT2D eigenvalue weighted by Crippen LogP contribution is -2.22. The Bertz CT molecular complexity index is 886. The van der Waals surface area contributed by atoms with Gasteiger partial charge in [-0.05, 0) is 88.8 Å². The molecule has 2 N–H and O–H groups in total. The molecule has 0 radical (unpaired) electrons. The van der Waals surface area contributed by atoms with Gasteiger partial charge in [0.15, 0.2) is 11.5 Å². The summed E-state index contributed by atoms with van der Waals surface area (Å²) < 4.78 is 10.4. The fourth-order valence-corrected chi connectivity index (χ4v) is 4.49. The Labute approximate surface area is 238 Å². The first kappa shape index (κ1) is 34.5. The number of carbonyl (C=O) groups excluding carboxylic acids is 1. The lowest BCUT2D eigenvalue weighted by Gasteiger charge is -2.16. The van der Waals surface area contributed by atoms with Gasteiger partial charge in [0.2, 0.25) is 6.79 Å². The minimum absolute atomic E-state index is 0.364. The quantitative estimate of drug-likeness (QED) is 0.312. The molecule has 3 aliphatic rings. The normalized spacial score (nSPS) is 17.6. The standard InChI is InChI=1S/C14H19NO.C9H10O2.C8H20N2.C2H6/c1-12-10-14(15(11-12)8-9-16)7-6-13-4-2-3-5-13;1-2-7-3-4-8-9(5-7)11-6-10-8;1-3-4-7-10(2)8-5-6-9;1-2/h2-4,7,9,12H,5-6,8,10-11H2,1H3;3-5H,2,6H2,1H3;3-9H2,1-2H3;1-2H3/b14-7+;;;. The van der Waals surface area contributed by atoms with Crippen LogP contribution in [-0.4, -0.2) is 62.7 Å². The van der Waals surface area contributed by atoms with Crippen LogP contribution in [0.5, 0.6) is 11.5 Å². The lowest BCUT2D eigenvalue weighted by molar-refractivity contribution is -0.108. The van der Waals surface area contributed by atoms with Crippen molar-refractivity contribution in [2.75, 3.05) is 46.6 Å². The maximum absolute atomic E-state index is 10.6. The SMILES string of the molecule is CC.CC1C/C(=C\CC2=CC=CC2)N(CC=O)C1.CCCCN(C)CCCN.CCc1ccc2c(c1)OCO2. The van der Waals surface area contributed by atoms with Gasteiger partial charge < -0.3 is 29.8 Å². The average molecular weight is 542 g/mol. The topological polar surface area (TPSA) is 68.0 Å². The molecule has 1 fully saturated rings. The van der Waals surface area contributed by atoms with E-state index < -0.39 is 0 Å². The number of aldehydes is 1. The van der Waals surface area contributed by atoms with Crippen molar-refractivity contribution < 1.29 is 14.3 Å². The number of benzene rings is 1. The van der Waals surface area contributed by atoms with Gasteiger partial charge in [-0.3, -0.25) is 0 Å². The molecule has 39 heavy (non-hydrogen) atoms. The maximum Gasteiger partial charge on any atom is 0.231 e. The van der Waals surface area contributed by atoms with Crippen molar-refractivity contribution in [1.29, 1.82) is 0 Å². The van der Waals surface area contributed by atoms with E-state index in [9.17, 15) is 4.79 Å². The first-order chi connectivity index (χ1) is 19.0. The summed E-state index contributed by atoms with van der Waals surface area (Å²) in [6, 6.07) is 6.05. The summed E-state index contributed by atoms with van der Waals surface area (Å²) in [7, 11) is 2.16. The van der Waals surface area contributed by atoms with Gasteiger partial charge in [-0.2, -0.15) is 0 Å². The summed E-state index contributed by atoms with van der Waals surface area (Å²) in [5, 5.41) is 0. The van der Waals surface area contributed by atoms with Crippen LogP contribution >= 0.6 is 0 Å². The van der Waals surface area contributed by atoms with Gasteiger partial charge in [0.1, 0.15) is 6.29 Å². The third-order valence-electron chi connectivity index (χ3n) is 6.72. The molecule has 1 unspecified atom stereocenters. The van der Waals surface area contributed by atoms with Crippen LogP contribution in [0.15, 0.2) is 53.8 Å². The minimum Gasteiger partial charge on any atom is -0.454 e. The second-order valence-electron chi connectivity index (χ2n) is 10.1. The van der Waals surface area contributed by atoms with E-state index in [1.165, 1.54) is 36.2 Å². The Balaban J connectivity index is 0.000000293. The van der Waals surface area contributed by atoms with Crippen LogP contribution in [0, 0.1) is 5.92 Å². The Morgan fingerprint density at radius 1 is 1.13 bits per heavy atom. The minimum atomic E-state index is 0.364. The molecule has 0 aromatic heterocycles. The molecular formula is C33H55N3O3. The van der Waals surface area contributed by atoms with Crippen LogP contribution in [0.1, 0.15) is 78.7 Å². The zero-order valence-corrected chi connectivity index (χ0v) is 25.6. The molecular weight excluding hydrogens is 486 g/mol. The number of aryl methyl sites for hydroxylation is 1. The van der Waals surface area contributed by atoms with Crippen LogP contribution in [0.2, 0.25) is 0 Å². The van der Waals surface area contributed by atoms with Crippen molar-refractivity contribution >= 4 is 6.29 Å². The molecule has 1 saturated heterocycles. The molecule has 6 heteroatoms. The number of hydrogen-bond donors (Lipinski definition) is 1. The Kier molecular flexibility index (Phi) is 18.8. The van der Waals surface area contributed by atoms with Crippen LogP contribution in [0.3, 0.4) is 0 Å². The second-order valence-corrected chi connectivity index (χ2v) is 10.1. The van der Waals surface area contributed by atoms with Crippen LogP contribution in [-0.2, 0) is 11.2 Å². The van der Waals surface area contributed by atoms with E-state index >= 15 is 0 Å². The smallest absolute Gasteiger partial charge is 0.231 e. The third kappa shape index (κ3) is 13.9. The highest BCUT2D eigenvalue weighted by molar-refractivity contribution is 5.53. The van der Waals surface area contributed by atoms with E-state index in [0.29, 0.717) is 19.3 Å². The average Bonchev–Trinajstić information content (AvgIpc) is 3.72. The molecule has 0 spiro atoms. The van der Waals surface area contributed by atoms with Crippen LogP contribution < -0.4 is 15.2 Å². The van der Waals surface area contributed by atoms with Gasteiger partial charge in [-0.25, -0.2) is 0 Å². The molecule has 2 aliphatic heterocycles. The predicted octanol–water partition coefficient (Wildman–Crippen LogP) is 6.76. The molecule has 0 bridgehead atoms. The lowest BCUT2D eigenvalue weighted by atomic mass is 10.1. The number of unbranched alkanes of at least 4 members (excludes halogenated alkanes) is 1. The monoisotopic (exact) mass is 541 g/mol. The molecule has 0 amide bonds. The van der Waals surface area contributed by atoms with Crippen molar-refractivity contribution in [3.63, 3.8) is 0 Å². The number of fused-ring (bicyclic) bond motifs is 1. The number of likely N-dealkylation sites (tertiary alicyclic amines) is 1. The Morgan fingerprint density at radius 2 is 1.87 bits per heavy atom. The number of nitrogens with zero attached hydrogens (tertiary/aromatic N) is 2. The number of nitrogens with two attached hydrogens (primary N) is 1. The molecule has 1 aliphatic carbocycles. The Hall–Kier alpha value is -2.57. The molecule has 1 aromatic carbocycles. The summed E-state index contributed by atoms with van der Waals surface area (Å²) in [6.45, 7) is 15.7. The number of rotatable bonds is 11. The first-order valence-electron chi connectivity index (χ1n) is 15.0. The molecule has 1 aromatic rings. The first-order valence-corrected chi connectivity index (χ1v) is 15.0. The van der Waals surface area contributed by atoms with Gasteiger partial charge in [-0.15, -0.1) is 0 Å². The summed E-state index contributed by atoms with van der Waals surface area (Å²) in [4.78, 5) is 15.1. The fraction of sp³-hybridized carbons (Fsp3) is 0.606. The fourth-order valence-electron chi connectivity index (χ4n) is 4.49. The van der Waals surface area contributed by atoms with Gasteiger partial charge in [-0.1, -0.05) is 77.0 Å². The number of ether oxygens (including phenoxy) is 2. The van der Waals surface area contributed by atoms with Crippen molar-refractivity contribution in [2.45, 2.75) is 79.6 Å². The molecule has 4 rings (SSSR count). The number of carbonyl (C=O) groups is 1. The van der Waals surface area contributed by atoms with E-state index in [1.54, 1.807) is 0 Å². The molecule has 220 valence electrons. The van der Waals surface area contributed by atoms with Crippen LogP contribution in [0.4, 0.5) is 0 Å². The van der Waals surface area contributed by atoms with Gasteiger partial charge >= 0.3 is 0 Å². The van der Waals surface area contributed by atoms with E-state index in [1.807, 2.05) is 26.0 Å². The van der Waals surface area contributed by atoms with Gasteiger partial charge in [0.25, 0.3) is 0 Å². The van der Waals surface area contributed by atoms with Crippen molar-refractivity contribution in [1.82, 2.24) is 9.80 Å². The summed E-state index contributed by atoms with van der Waals surface area (Å²) in [5.74, 6) is 2.42. The number of allylic oxidation sites excluding steroid dienone is 6. The van der Waals surface area contributed by atoms with Crippen molar-refractivity contribution in [3.05, 3.63) is 59.3 Å². The van der Waals surface area contributed by atoms with E-state index in [2.05, 4.69) is 68.0 Å². The van der Waals surface area contributed by atoms with E-state index in [4.69, 9.17) is 15.2 Å². The Morgan fingerprint density at radius 3 is 2.51 bits per heavy atom. The maximum atomic E-state index is 10.6. The third-order valence-corrected chi connectivity index (χ3v) is 6.72. The highest BCUT2D eigenvalue weighted by Gasteiger charge is 2.22. The summed E-state index contributed by atoms with van der Waals surface area (Å²) >= 11 is 0. The van der Waals surface area contributed by atoms with Gasteiger partial charge in [0, 0.05) is 12.2 Å². The predicted molar refractivity (Wildman–Crippen MR) is 165 cm³/mol. The zero-order chi connectivity index (χ0) is 28.9. The van der Waals surface area contributed by atoms with E-state index in [-0.39, 0.29) is 0 Å². The van der Waals surface area contributed by atoms with Crippen molar-refractivity contribution in [2.24, 2.45) is 11.7 Å². The molecule has 6 nitrogen and oxygen atoms in total. The largest absolute Gasteiger partial charge is 0.454 e. The van der Waals surface area contributed by atoms with Gasteiger partial charge in [0.05, 0.1) is 6.54 Å². The summed E-state index contributed by atoms with van der Waals surface area (Å²) in [5.41, 5.74) is 9.49. The van der Waals surface area contributed by atoms with E-state index in [0.717, 1.165) is 69.5 Å². The molecule has 0 saturated carbocycles. The number of hydrogen-bond acceptors (Lipinski definition) is 6. The highest BCUT2D eigenvalue weighted by atomic mass is 16.7. The molecule has 2 heterocycles. The zero-order valence-electron chi connectivity index (χ0n) is 25.6. The molecule has 1 atom stereocenters. The van der Waals surface area contributed by atoms with Crippen LogP contribution in [0.25, 0.3) is 0 Å². The highest BCUT2D eigenvalue weighted by Crippen LogP contribution is 2.32. The second kappa shape index (κ2) is 21.3. The van der Waals surface area contributed by atoms with Crippen molar-refractivity contribution in [3.8, 4) is 11.5 Å². The summed E-state index contributed by atoms with van der Waals surface area (Å²) in [6.07, 6.45) is 17.8.